The van der Waals surface area contributed by atoms with Crippen LogP contribution in [-0.2, 0) is 7.05 Å². The van der Waals surface area contributed by atoms with E-state index in [9.17, 15) is 17.3 Å². The second-order valence-electron chi connectivity index (χ2n) is 5.46. The lowest BCUT2D eigenvalue weighted by Crippen LogP contribution is -2.02. The monoisotopic (exact) mass is 349 g/mol. The summed E-state index contributed by atoms with van der Waals surface area (Å²) in [5.74, 6) is 0. The van der Waals surface area contributed by atoms with Crippen molar-refractivity contribution in [2.24, 2.45) is 7.05 Å². The first-order valence-corrected chi connectivity index (χ1v) is 7.66. The molecule has 1 N–H and O–H groups in total. The molecule has 0 saturated carbocycles. The Balaban J connectivity index is 0.000000146. The van der Waals surface area contributed by atoms with Gasteiger partial charge in [-0.1, -0.05) is 36.4 Å². The molecule has 4 aromatic rings. The number of nitrogens with one attached hydrogen (secondary N) is 1. The molecule has 25 heavy (non-hydrogen) atoms. The first-order chi connectivity index (χ1) is 11.8. The van der Waals surface area contributed by atoms with Gasteiger partial charge in [-0.15, -0.1) is 0 Å². The molecule has 0 unspecified atom stereocenters. The summed E-state index contributed by atoms with van der Waals surface area (Å²) in [6.07, 6.45) is 1.95. The van der Waals surface area contributed by atoms with Crippen molar-refractivity contribution >= 4 is 29.1 Å². The Bertz CT molecular complexity index is 905. The summed E-state index contributed by atoms with van der Waals surface area (Å²) in [4.78, 5) is 3.12. The summed E-state index contributed by atoms with van der Waals surface area (Å²) in [5, 5.41) is 2.60. The van der Waals surface area contributed by atoms with Gasteiger partial charge in [-0.2, -0.15) is 0 Å². The van der Waals surface area contributed by atoms with E-state index in [2.05, 4.69) is 72.1 Å². The van der Waals surface area contributed by atoms with Gasteiger partial charge in [0.15, 0.2) is 0 Å². The van der Waals surface area contributed by atoms with Gasteiger partial charge in [0.2, 0.25) is 0 Å². The number of nitrogens with zero attached hydrogens (tertiary/aromatic N) is 1. The molecule has 0 fully saturated rings. The standard InChI is InChI=1S/C10H11N.C8H7N.BF4/c1-8-7-9-5-3-4-6-10(9)11(8)2;1-2-4-8-7(3-1)5-6-9-8;2-1(3,4)5/h3-7H,1-2H3;1-6,9H;/q;;-1. The first-order valence-electron chi connectivity index (χ1n) is 7.66. The maximum atomic E-state index is 9.75. The lowest BCUT2D eigenvalue weighted by atomic mass is 10.2. The van der Waals surface area contributed by atoms with Gasteiger partial charge in [0, 0.05) is 30.0 Å². The molecule has 2 heterocycles. The number of halogens is 4. The zero-order valence-corrected chi connectivity index (χ0v) is 13.9. The molecule has 132 valence electrons. The summed E-state index contributed by atoms with van der Waals surface area (Å²) in [6, 6.07) is 20.9. The van der Waals surface area contributed by atoms with Crippen LogP contribution in [0.2, 0.25) is 0 Å². The van der Waals surface area contributed by atoms with E-state index in [0.29, 0.717) is 0 Å². The molecule has 0 spiro atoms. The Morgan fingerprint density at radius 3 is 2.00 bits per heavy atom. The fraction of sp³-hybridized carbons (Fsp3) is 0.111. The maximum Gasteiger partial charge on any atom is 0.673 e. The van der Waals surface area contributed by atoms with Gasteiger partial charge in [0.25, 0.3) is 0 Å². The van der Waals surface area contributed by atoms with Crippen LogP contribution in [0.5, 0.6) is 0 Å². The van der Waals surface area contributed by atoms with Crippen molar-refractivity contribution in [2.75, 3.05) is 0 Å². The Morgan fingerprint density at radius 2 is 1.40 bits per heavy atom. The average Bonchev–Trinajstić information content (AvgIpc) is 3.12. The molecule has 0 aliphatic heterocycles. The number of hydrogen-bond donors (Lipinski definition) is 1. The van der Waals surface area contributed by atoms with E-state index < -0.39 is 7.25 Å². The third-order valence-corrected chi connectivity index (χ3v) is 3.65. The molecule has 2 aromatic carbocycles. The molecule has 0 aliphatic carbocycles. The molecule has 0 aliphatic rings. The number of para-hydroxylation sites is 2. The number of hydrogen-bond acceptors (Lipinski definition) is 0. The molecule has 4 rings (SSSR count). The van der Waals surface area contributed by atoms with Gasteiger partial charge in [-0.3, -0.25) is 0 Å². The molecule has 2 nitrogen and oxygen atoms in total. The number of aryl methyl sites for hydroxylation is 2. The largest absolute Gasteiger partial charge is 0.673 e. The van der Waals surface area contributed by atoms with Crippen LogP contribution in [-0.4, -0.2) is 16.8 Å². The van der Waals surface area contributed by atoms with Crippen LogP contribution in [0.15, 0.2) is 66.9 Å². The smallest absolute Gasteiger partial charge is 0.418 e. The topological polar surface area (TPSA) is 20.7 Å². The van der Waals surface area contributed by atoms with Crippen molar-refractivity contribution in [3.63, 3.8) is 0 Å². The quantitative estimate of drug-likeness (QED) is 0.299. The summed E-state index contributed by atoms with van der Waals surface area (Å²) in [7, 11) is -3.91. The SMILES string of the molecule is Cc1cc2ccccc2n1C.F[B-](F)(F)F.c1ccc2[nH]ccc2c1. The van der Waals surface area contributed by atoms with Gasteiger partial charge < -0.3 is 26.8 Å². The fourth-order valence-corrected chi connectivity index (χ4v) is 2.42. The van der Waals surface area contributed by atoms with Crippen molar-refractivity contribution in [3.05, 3.63) is 72.6 Å². The van der Waals surface area contributed by atoms with Crippen LogP contribution in [0, 0.1) is 6.92 Å². The van der Waals surface area contributed by atoms with E-state index in [1.807, 2.05) is 18.3 Å². The van der Waals surface area contributed by atoms with Crippen LogP contribution in [0.4, 0.5) is 17.3 Å². The molecule has 0 amide bonds. The van der Waals surface area contributed by atoms with Crippen LogP contribution in [0.1, 0.15) is 5.69 Å². The minimum atomic E-state index is -6.00. The number of aromatic nitrogens is 2. The van der Waals surface area contributed by atoms with Crippen LogP contribution in [0.3, 0.4) is 0 Å². The predicted octanol–water partition coefficient (Wildman–Crippen LogP) is 5.95. The van der Waals surface area contributed by atoms with Gasteiger partial charge >= 0.3 is 7.25 Å². The van der Waals surface area contributed by atoms with Gasteiger partial charge in [-0.05, 0) is 42.0 Å². The Hall–Kier alpha value is -2.70. The highest BCUT2D eigenvalue weighted by atomic mass is 19.5. The third-order valence-electron chi connectivity index (χ3n) is 3.65. The van der Waals surface area contributed by atoms with Crippen LogP contribution >= 0.6 is 0 Å². The molecular formula is C18H18BF4N2-. The fourth-order valence-electron chi connectivity index (χ4n) is 2.42. The second kappa shape index (κ2) is 7.92. The molecule has 0 radical (unpaired) electrons. The molecular weight excluding hydrogens is 331 g/mol. The third kappa shape index (κ3) is 5.71. The number of aromatic amines is 1. The summed E-state index contributed by atoms with van der Waals surface area (Å²) in [6.45, 7) is 2.12. The van der Waals surface area contributed by atoms with Gasteiger partial charge in [0.05, 0.1) is 0 Å². The van der Waals surface area contributed by atoms with Crippen molar-refractivity contribution in [3.8, 4) is 0 Å². The van der Waals surface area contributed by atoms with E-state index in [0.717, 1.165) is 0 Å². The predicted molar refractivity (Wildman–Crippen MR) is 96.1 cm³/mol. The van der Waals surface area contributed by atoms with Crippen molar-refractivity contribution < 1.29 is 17.3 Å². The highest BCUT2D eigenvalue weighted by molar-refractivity contribution is 6.50. The highest BCUT2D eigenvalue weighted by Gasteiger charge is 2.20. The number of fused-ring (bicyclic) bond motifs is 2. The van der Waals surface area contributed by atoms with Crippen molar-refractivity contribution in [1.29, 1.82) is 0 Å². The highest BCUT2D eigenvalue weighted by Crippen LogP contribution is 2.16. The molecule has 2 aromatic heterocycles. The molecule has 0 saturated heterocycles. The number of benzene rings is 2. The molecule has 0 atom stereocenters. The normalized spacial score (nSPS) is 10.8. The van der Waals surface area contributed by atoms with Gasteiger partial charge in [-0.25, -0.2) is 0 Å². The first kappa shape index (κ1) is 18.6. The number of rotatable bonds is 0. The van der Waals surface area contributed by atoms with Crippen LogP contribution in [0.25, 0.3) is 21.8 Å². The maximum absolute atomic E-state index is 9.75. The van der Waals surface area contributed by atoms with E-state index in [4.69, 9.17) is 0 Å². The van der Waals surface area contributed by atoms with E-state index >= 15 is 0 Å². The molecule has 7 heteroatoms. The Labute approximate surface area is 143 Å². The zero-order chi connectivity index (χ0) is 18.4. The Morgan fingerprint density at radius 1 is 0.840 bits per heavy atom. The number of H-pyrrole nitrogens is 1. The van der Waals surface area contributed by atoms with E-state index in [1.54, 1.807) is 0 Å². The molecule has 0 bridgehead atoms. The summed E-state index contributed by atoms with van der Waals surface area (Å²) in [5.41, 5.74) is 3.83. The summed E-state index contributed by atoms with van der Waals surface area (Å²) >= 11 is 0. The van der Waals surface area contributed by atoms with E-state index in [1.165, 1.54) is 27.5 Å². The minimum Gasteiger partial charge on any atom is -0.418 e. The summed E-state index contributed by atoms with van der Waals surface area (Å²) < 4.78 is 41.2. The van der Waals surface area contributed by atoms with Crippen molar-refractivity contribution in [2.45, 2.75) is 6.92 Å². The lowest BCUT2D eigenvalue weighted by Gasteiger charge is -1.96. The van der Waals surface area contributed by atoms with E-state index in [-0.39, 0.29) is 0 Å². The van der Waals surface area contributed by atoms with Gasteiger partial charge in [0.1, 0.15) is 0 Å². The van der Waals surface area contributed by atoms with Crippen LogP contribution < -0.4 is 0 Å². The second-order valence-corrected chi connectivity index (χ2v) is 5.46. The van der Waals surface area contributed by atoms with Crippen molar-refractivity contribution in [1.82, 2.24) is 9.55 Å². The minimum absolute atomic E-state index is 1.21. The lowest BCUT2D eigenvalue weighted by molar-refractivity contribution is 0.368. The zero-order valence-electron chi connectivity index (χ0n) is 13.9. The Kier molecular flexibility index (Phi) is 5.90. The average molecular weight is 349 g/mol.